The minimum atomic E-state index is -1.22. The lowest BCUT2D eigenvalue weighted by Gasteiger charge is -2.12. The second-order valence-electron chi connectivity index (χ2n) is 3.14. The van der Waals surface area contributed by atoms with E-state index < -0.39 is 6.04 Å². The van der Waals surface area contributed by atoms with Crippen LogP contribution in [0.3, 0.4) is 0 Å². The Labute approximate surface area is 73.6 Å². The molecule has 0 aliphatic carbocycles. The molecule has 0 fully saturated rings. The standard InChI is InChI=1S/C9H13PS/c1-8-6-4-5-7-9(8)10(2,3)11/h4-7H,1-3H3. The number of rotatable bonds is 1. The first-order valence-corrected chi connectivity index (χ1v) is 7.32. The van der Waals surface area contributed by atoms with Crippen molar-refractivity contribution in [1.82, 2.24) is 0 Å². The van der Waals surface area contributed by atoms with Gasteiger partial charge < -0.3 is 0 Å². The van der Waals surface area contributed by atoms with Crippen LogP contribution in [0.25, 0.3) is 0 Å². The first-order valence-electron chi connectivity index (χ1n) is 3.63. The van der Waals surface area contributed by atoms with E-state index in [1.165, 1.54) is 10.9 Å². The zero-order chi connectivity index (χ0) is 8.48. The fourth-order valence-electron chi connectivity index (χ4n) is 1.17. The van der Waals surface area contributed by atoms with E-state index in [9.17, 15) is 0 Å². The first-order chi connectivity index (χ1) is 5.02. The predicted molar refractivity (Wildman–Crippen MR) is 56.9 cm³/mol. The average Bonchev–Trinajstić information content (AvgIpc) is 1.86. The van der Waals surface area contributed by atoms with Gasteiger partial charge in [-0.05, 0) is 37.2 Å². The molecule has 0 aliphatic rings. The van der Waals surface area contributed by atoms with Gasteiger partial charge in [0.05, 0.1) is 0 Å². The summed E-state index contributed by atoms with van der Waals surface area (Å²) < 4.78 is 0. The minimum Gasteiger partial charge on any atom is -0.0931 e. The van der Waals surface area contributed by atoms with Crippen LogP contribution in [0, 0.1) is 6.92 Å². The molecule has 0 radical (unpaired) electrons. The third kappa shape index (κ3) is 2.15. The second kappa shape index (κ2) is 3.08. The van der Waals surface area contributed by atoms with Gasteiger partial charge in [-0.3, -0.25) is 0 Å². The molecule has 1 aromatic carbocycles. The molecule has 0 bridgehead atoms. The van der Waals surface area contributed by atoms with E-state index in [2.05, 4.69) is 44.5 Å². The maximum atomic E-state index is 5.45. The van der Waals surface area contributed by atoms with Crippen LogP contribution in [0.4, 0.5) is 0 Å². The van der Waals surface area contributed by atoms with Gasteiger partial charge in [0.15, 0.2) is 0 Å². The summed E-state index contributed by atoms with van der Waals surface area (Å²) in [6.07, 6.45) is 0. The Morgan fingerprint density at radius 3 is 2.09 bits per heavy atom. The Morgan fingerprint density at radius 1 is 1.18 bits per heavy atom. The summed E-state index contributed by atoms with van der Waals surface area (Å²) >= 11 is 5.45. The van der Waals surface area contributed by atoms with Crippen molar-refractivity contribution in [2.45, 2.75) is 6.92 Å². The van der Waals surface area contributed by atoms with Crippen LogP contribution in [0.1, 0.15) is 5.56 Å². The molecule has 0 unspecified atom stereocenters. The molecule has 0 amide bonds. The largest absolute Gasteiger partial charge is 0.0931 e. The van der Waals surface area contributed by atoms with Gasteiger partial charge in [0.1, 0.15) is 0 Å². The summed E-state index contributed by atoms with van der Waals surface area (Å²) in [6, 6.07) is 7.18. The molecule has 0 aromatic heterocycles. The Balaban J connectivity index is 3.25. The first kappa shape index (κ1) is 8.96. The van der Waals surface area contributed by atoms with E-state index in [-0.39, 0.29) is 0 Å². The van der Waals surface area contributed by atoms with Crippen molar-refractivity contribution in [3.8, 4) is 0 Å². The number of hydrogen-bond donors (Lipinski definition) is 0. The number of benzene rings is 1. The number of aryl methyl sites for hydroxylation is 1. The maximum absolute atomic E-state index is 5.45. The van der Waals surface area contributed by atoms with Crippen molar-refractivity contribution >= 4 is 23.1 Å². The van der Waals surface area contributed by atoms with Crippen LogP contribution in [0.5, 0.6) is 0 Å². The van der Waals surface area contributed by atoms with Crippen LogP contribution in [-0.2, 0) is 11.8 Å². The van der Waals surface area contributed by atoms with E-state index in [1.54, 1.807) is 0 Å². The molecule has 1 rings (SSSR count). The summed E-state index contributed by atoms with van der Waals surface area (Å²) in [5.41, 5.74) is 1.33. The van der Waals surface area contributed by atoms with Gasteiger partial charge in [-0.25, -0.2) is 0 Å². The van der Waals surface area contributed by atoms with Crippen LogP contribution in [0.2, 0.25) is 0 Å². The van der Waals surface area contributed by atoms with Crippen molar-refractivity contribution in [1.29, 1.82) is 0 Å². The highest BCUT2D eigenvalue weighted by Crippen LogP contribution is 2.35. The van der Waals surface area contributed by atoms with Gasteiger partial charge in [0, 0.05) is 0 Å². The molecule has 0 heterocycles. The van der Waals surface area contributed by atoms with Gasteiger partial charge in [-0.1, -0.05) is 36.1 Å². The molecule has 0 atom stereocenters. The topological polar surface area (TPSA) is 0 Å². The Kier molecular flexibility index (Phi) is 2.51. The third-order valence-corrected chi connectivity index (χ3v) is 3.95. The summed E-state index contributed by atoms with van der Waals surface area (Å²) in [5, 5.41) is 1.37. The van der Waals surface area contributed by atoms with Crippen molar-refractivity contribution in [3.63, 3.8) is 0 Å². The highest BCUT2D eigenvalue weighted by molar-refractivity contribution is 8.17. The smallest absolute Gasteiger partial charge is 0.0118 e. The zero-order valence-corrected chi connectivity index (χ0v) is 8.88. The quantitative estimate of drug-likeness (QED) is 0.604. The lowest BCUT2D eigenvalue weighted by atomic mass is 10.2. The minimum absolute atomic E-state index is 1.22. The van der Waals surface area contributed by atoms with Gasteiger partial charge in [0.2, 0.25) is 0 Å². The van der Waals surface area contributed by atoms with E-state index >= 15 is 0 Å². The molecule has 60 valence electrons. The Morgan fingerprint density at radius 2 is 1.73 bits per heavy atom. The molecule has 0 saturated heterocycles. The highest BCUT2D eigenvalue weighted by Gasteiger charge is 2.07. The summed E-state index contributed by atoms with van der Waals surface area (Å²) in [4.78, 5) is 0. The van der Waals surface area contributed by atoms with E-state index in [0.29, 0.717) is 0 Å². The summed E-state index contributed by atoms with van der Waals surface area (Å²) in [5.74, 6) is 0. The van der Waals surface area contributed by atoms with Crippen molar-refractivity contribution in [3.05, 3.63) is 29.8 Å². The summed E-state index contributed by atoms with van der Waals surface area (Å²) in [7, 11) is 0. The SMILES string of the molecule is Cc1ccccc1P(C)(C)=S. The lowest BCUT2D eigenvalue weighted by Crippen LogP contribution is -2.05. The van der Waals surface area contributed by atoms with Crippen LogP contribution < -0.4 is 5.30 Å². The van der Waals surface area contributed by atoms with Gasteiger partial charge in [0.25, 0.3) is 0 Å². The lowest BCUT2D eigenvalue weighted by molar-refractivity contribution is 1.52. The maximum Gasteiger partial charge on any atom is -0.0118 e. The van der Waals surface area contributed by atoms with Crippen LogP contribution in [-0.4, -0.2) is 13.3 Å². The second-order valence-corrected chi connectivity index (χ2v) is 9.06. The molecule has 0 saturated carbocycles. The molecule has 0 aliphatic heterocycles. The van der Waals surface area contributed by atoms with Crippen molar-refractivity contribution in [2.24, 2.45) is 0 Å². The predicted octanol–water partition coefficient (Wildman–Crippen LogP) is 2.36. The molecule has 0 nitrogen and oxygen atoms in total. The van der Waals surface area contributed by atoms with Crippen molar-refractivity contribution < 1.29 is 0 Å². The fraction of sp³-hybridized carbons (Fsp3) is 0.333. The van der Waals surface area contributed by atoms with Gasteiger partial charge in [-0.15, -0.1) is 0 Å². The molecule has 1 aromatic rings. The third-order valence-electron chi connectivity index (χ3n) is 1.70. The van der Waals surface area contributed by atoms with E-state index in [4.69, 9.17) is 11.8 Å². The van der Waals surface area contributed by atoms with Crippen molar-refractivity contribution in [2.75, 3.05) is 13.3 Å². The average molecular weight is 184 g/mol. The van der Waals surface area contributed by atoms with Crippen LogP contribution in [0.15, 0.2) is 24.3 Å². The molecule has 2 heteroatoms. The van der Waals surface area contributed by atoms with Gasteiger partial charge in [-0.2, -0.15) is 0 Å². The molecule has 0 N–H and O–H groups in total. The molecular weight excluding hydrogens is 171 g/mol. The van der Waals surface area contributed by atoms with Crippen LogP contribution >= 0.6 is 6.04 Å². The monoisotopic (exact) mass is 184 g/mol. The normalized spacial score (nSPS) is 11.5. The molecule has 11 heavy (non-hydrogen) atoms. The number of hydrogen-bond acceptors (Lipinski definition) is 1. The zero-order valence-electron chi connectivity index (χ0n) is 7.16. The van der Waals surface area contributed by atoms with E-state index in [1.807, 2.05) is 0 Å². The molecular formula is C9H13PS. The Hall–Kier alpha value is -0.130. The Bertz CT molecular complexity index is 298. The fourth-order valence-corrected chi connectivity index (χ4v) is 3.15. The van der Waals surface area contributed by atoms with Gasteiger partial charge >= 0.3 is 0 Å². The highest BCUT2D eigenvalue weighted by atomic mass is 32.4. The van der Waals surface area contributed by atoms with E-state index in [0.717, 1.165) is 0 Å². The molecule has 0 spiro atoms. The summed E-state index contributed by atoms with van der Waals surface area (Å²) in [6.45, 7) is 6.47.